The van der Waals surface area contributed by atoms with Gasteiger partial charge in [-0.25, -0.2) is 0 Å². The molecule has 0 aliphatic heterocycles. The third kappa shape index (κ3) is 3.59. The fourth-order valence-corrected chi connectivity index (χ4v) is 3.25. The Hall–Kier alpha value is -0.390. The number of rotatable bonds is 4. The van der Waals surface area contributed by atoms with Gasteiger partial charge in [-0.1, -0.05) is 0 Å². The van der Waals surface area contributed by atoms with Gasteiger partial charge >= 0.3 is 0 Å². The molecule has 2 N–H and O–H groups in total. The lowest BCUT2D eigenvalue weighted by Gasteiger charge is -2.10. The second-order valence-electron chi connectivity index (χ2n) is 3.25. The summed E-state index contributed by atoms with van der Waals surface area (Å²) in [6, 6.07) is 5.28. The molecule has 0 aromatic heterocycles. The van der Waals surface area contributed by atoms with Crippen LogP contribution in [0.2, 0.25) is 0 Å². The van der Waals surface area contributed by atoms with Crippen molar-refractivity contribution < 1.29 is 8.95 Å². The average molecular weight is 292 g/mol. The molecule has 1 aromatic rings. The Morgan fingerprint density at radius 1 is 1.60 bits per heavy atom. The lowest BCUT2D eigenvalue weighted by Crippen LogP contribution is -2.15. The third-order valence-corrected chi connectivity index (χ3v) is 4.53. The summed E-state index contributed by atoms with van der Waals surface area (Å²) in [6.45, 7) is 1.89. The topological polar surface area (TPSA) is 52.3 Å². The summed E-state index contributed by atoms with van der Waals surface area (Å²) in [5.41, 5.74) is 6.26. The van der Waals surface area contributed by atoms with Crippen molar-refractivity contribution in [2.45, 2.75) is 17.9 Å². The molecule has 0 aliphatic carbocycles. The van der Waals surface area contributed by atoms with Crippen molar-refractivity contribution in [3.8, 4) is 0 Å². The second kappa shape index (κ2) is 5.63. The van der Waals surface area contributed by atoms with Crippen molar-refractivity contribution in [2.75, 3.05) is 18.6 Å². The largest absolute Gasteiger partial charge is 0.399 e. The smallest absolute Gasteiger partial charge is 0.0662 e. The van der Waals surface area contributed by atoms with Gasteiger partial charge in [0.05, 0.1) is 27.6 Å². The fourth-order valence-electron chi connectivity index (χ4n) is 1.07. The van der Waals surface area contributed by atoms with Gasteiger partial charge in [0.25, 0.3) is 0 Å². The Balaban J connectivity index is 2.82. The number of ether oxygens (including phenoxy) is 1. The molecule has 0 spiro atoms. The van der Waals surface area contributed by atoms with Gasteiger partial charge in [-0.05, 0) is 41.1 Å². The summed E-state index contributed by atoms with van der Waals surface area (Å²) in [7, 11) is 0.550. The Morgan fingerprint density at radius 2 is 2.27 bits per heavy atom. The quantitative estimate of drug-likeness (QED) is 0.865. The molecule has 0 heterocycles. The van der Waals surface area contributed by atoms with E-state index in [-0.39, 0.29) is 6.10 Å². The molecule has 0 bridgehead atoms. The highest BCUT2D eigenvalue weighted by atomic mass is 79.9. The maximum atomic E-state index is 11.9. The van der Waals surface area contributed by atoms with E-state index in [1.165, 1.54) is 0 Å². The molecule has 0 aliphatic rings. The summed E-state index contributed by atoms with van der Waals surface area (Å²) in [5, 5.41) is 0. The van der Waals surface area contributed by atoms with Gasteiger partial charge in [0.1, 0.15) is 0 Å². The first-order valence-corrected chi connectivity index (χ1v) is 6.62. The Morgan fingerprint density at radius 3 is 2.80 bits per heavy atom. The van der Waals surface area contributed by atoms with E-state index in [2.05, 4.69) is 15.9 Å². The first kappa shape index (κ1) is 12.7. The number of hydrogen-bond donors (Lipinski definition) is 1. The van der Waals surface area contributed by atoms with Crippen LogP contribution >= 0.6 is 15.9 Å². The van der Waals surface area contributed by atoms with E-state index in [1.807, 2.05) is 6.92 Å². The van der Waals surface area contributed by atoms with Crippen molar-refractivity contribution in [2.24, 2.45) is 0 Å². The highest BCUT2D eigenvalue weighted by Gasteiger charge is 2.12. The monoisotopic (exact) mass is 291 g/mol. The zero-order valence-corrected chi connectivity index (χ0v) is 11.1. The first-order valence-electron chi connectivity index (χ1n) is 4.50. The van der Waals surface area contributed by atoms with Gasteiger partial charge in [-0.2, -0.15) is 0 Å². The van der Waals surface area contributed by atoms with Crippen LogP contribution in [0, 0.1) is 0 Å². The normalized spacial score (nSPS) is 14.9. The van der Waals surface area contributed by atoms with Crippen LogP contribution in [0.15, 0.2) is 27.6 Å². The number of methoxy groups -OCH3 is 1. The van der Waals surface area contributed by atoms with Crippen LogP contribution in [-0.2, 0) is 15.5 Å². The molecule has 15 heavy (non-hydrogen) atoms. The van der Waals surface area contributed by atoms with E-state index in [0.29, 0.717) is 11.4 Å². The minimum atomic E-state index is -1.06. The highest BCUT2D eigenvalue weighted by Crippen LogP contribution is 2.23. The summed E-state index contributed by atoms with van der Waals surface area (Å²) < 4.78 is 17.8. The van der Waals surface area contributed by atoms with Crippen LogP contribution in [0.25, 0.3) is 0 Å². The van der Waals surface area contributed by atoms with Crippen molar-refractivity contribution in [1.29, 1.82) is 0 Å². The fraction of sp³-hybridized carbons (Fsp3) is 0.400. The number of nitrogen functional groups attached to an aromatic ring is 1. The molecule has 1 aromatic carbocycles. The first-order chi connectivity index (χ1) is 7.04. The number of nitrogens with two attached hydrogens (primary N) is 1. The van der Waals surface area contributed by atoms with Crippen molar-refractivity contribution in [1.82, 2.24) is 0 Å². The highest BCUT2D eigenvalue weighted by molar-refractivity contribution is 9.10. The summed E-state index contributed by atoms with van der Waals surface area (Å²) >= 11 is 3.35. The predicted molar refractivity (Wildman–Crippen MR) is 66.3 cm³/mol. The van der Waals surface area contributed by atoms with E-state index in [1.54, 1.807) is 25.3 Å². The minimum absolute atomic E-state index is 0.0183. The van der Waals surface area contributed by atoms with Gasteiger partial charge in [0.2, 0.25) is 0 Å². The molecular weight excluding hydrogens is 278 g/mol. The second-order valence-corrected chi connectivity index (χ2v) is 5.57. The van der Waals surface area contributed by atoms with E-state index in [0.717, 1.165) is 9.37 Å². The van der Waals surface area contributed by atoms with Crippen LogP contribution in [0.5, 0.6) is 0 Å². The standard InChI is InChI=1S/C10H14BrNO2S/c1-7(14-2)6-15(13)10-4-3-8(12)5-9(10)11/h3-5,7H,6,12H2,1-2H3. The average Bonchev–Trinajstić information content (AvgIpc) is 2.17. The molecule has 0 fully saturated rings. The minimum Gasteiger partial charge on any atom is -0.399 e. The van der Waals surface area contributed by atoms with Crippen LogP contribution in [-0.4, -0.2) is 23.2 Å². The maximum absolute atomic E-state index is 11.9. The lowest BCUT2D eigenvalue weighted by molar-refractivity contribution is 0.137. The molecular formula is C10H14BrNO2S. The van der Waals surface area contributed by atoms with Crippen molar-refractivity contribution in [3.63, 3.8) is 0 Å². The molecule has 2 atom stereocenters. The number of anilines is 1. The van der Waals surface area contributed by atoms with E-state index in [9.17, 15) is 4.21 Å². The molecule has 1 rings (SSSR count). The van der Waals surface area contributed by atoms with Crippen LogP contribution < -0.4 is 5.73 Å². The molecule has 0 amide bonds. The van der Waals surface area contributed by atoms with Crippen LogP contribution in [0.1, 0.15) is 6.92 Å². The number of halogens is 1. The van der Waals surface area contributed by atoms with Crippen molar-refractivity contribution in [3.05, 3.63) is 22.7 Å². The Labute approximate surface area is 101 Å². The molecule has 2 unspecified atom stereocenters. The SMILES string of the molecule is COC(C)CS(=O)c1ccc(N)cc1Br. The molecule has 0 radical (unpaired) electrons. The van der Waals surface area contributed by atoms with Gasteiger partial charge in [-0.15, -0.1) is 0 Å². The summed E-state index contributed by atoms with van der Waals surface area (Å²) in [5.74, 6) is 0.485. The Kier molecular flexibility index (Phi) is 4.76. The van der Waals surface area contributed by atoms with E-state index in [4.69, 9.17) is 10.5 Å². The van der Waals surface area contributed by atoms with Crippen molar-refractivity contribution >= 4 is 32.4 Å². The van der Waals surface area contributed by atoms with Gasteiger partial charge in [0.15, 0.2) is 0 Å². The molecule has 3 nitrogen and oxygen atoms in total. The summed E-state index contributed by atoms with van der Waals surface area (Å²) in [4.78, 5) is 0.758. The van der Waals surface area contributed by atoms with Crippen LogP contribution in [0.3, 0.4) is 0 Å². The maximum Gasteiger partial charge on any atom is 0.0662 e. The number of hydrogen-bond acceptors (Lipinski definition) is 3. The van der Waals surface area contributed by atoms with E-state index >= 15 is 0 Å². The molecule has 0 saturated heterocycles. The zero-order chi connectivity index (χ0) is 11.4. The van der Waals surface area contributed by atoms with Gasteiger partial charge < -0.3 is 10.5 Å². The third-order valence-electron chi connectivity index (χ3n) is 1.99. The molecule has 5 heteroatoms. The predicted octanol–water partition coefficient (Wildman–Crippen LogP) is 2.17. The number of benzene rings is 1. The summed E-state index contributed by atoms with van der Waals surface area (Å²) in [6.07, 6.45) is -0.0183. The van der Waals surface area contributed by atoms with Gasteiger partial charge in [0, 0.05) is 17.3 Å². The lowest BCUT2D eigenvalue weighted by atomic mass is 10.3. The molecule has 0 saturated carbocycles. The van der Waals surface area contributed by atoms with E-state index < -0.39 is 10.8 Å². The Bertz CT molecular complexity index is 370. The van der Waals surface area contributed by atoms with Crippen LogP contribution in [0.4, 0.5) is 5.69 Å². The van der Waals surface area contributed by atoms with Gasteiger partial charge in [-0.3, -0.25) is 4.21 Å². The molecule has 84 valence electrons. The zero-order valence-electron chi connectivity index (χ0n) is 8.70.